The first-order valence-corrected chi connectivity index (χ1v) is 10.2. The summed E-state index contributed by atoms with van der Waals surface area (Å²) < 4.78 is 14.6. The third kappa shape index (κ3) is 2.89. The van der Waals surface area contributed by atoms with Crippen molar-refractivity contribution >= 4 is 23.1 Å². The van der Waals surface area contributed by atoms with Gasteiger partial charge in [-0.3, -0.25) is 4.98 Å². The Morgan fingerprint density at radius 2 is 1.12 bits per heavy atom. The maximum Gasteiger partial charge on any atom is 0.171 e. The number of rotatable bonds is 4. The summed E-state index contributed by atoms with van der Waals surface area (Å²) in [4.78, 5) is 4.49. The molecule has 0 radical (unpaired) electrons. The SMILES string of the molecule is O=P(c1ccccc1)(c1ccccc1)c1ccccc1-c1ccccn1. The van der Waals surface area contributed by atoms with Gasteiger partial charge in [-0.05, 0) is 12.1 Å². The molecule has 0 saturated heterocycles. The lowest BCUT2D eigenvalue weighted by Crippen LogP contribution is -2.26. The fourth-order valence-electron chi connectivity index (χ4n) is 3.19. The van der Waals surface area contributed by atoms with Crippen molar-refractivity contribution in [2.24, 2.45) is 0 Å². The zero-order valence-electron chi connectivity index (χ0n) is 14.2. The van der Waals surface area contributed by atoms with Crippen LogP contribution in [0, 0.1) is 0 Å². The second kappa shape index (κ2) is 7.11. The van der Waals surface area contributed by atoms with Crippen molar-refractivity contribution in [3.63, 3.8) is 0 Å². The van der Waals surface area contributed by atoms with Gasteiger partial charge in [-0.2, -0.15) is 0 Å². The molecule has 126 valence electrons. The quantitative estimate of drug-likeness (QED) is 0.508. The summed E-state index contributed by atoms with van der Waals surface area (Å²) >= 11 is 0. The third-order valence-electron chi connectivity index (χ3n) is 4.42. The molecule has 0 amide bonds. The van der Waals surface area contributed by atoms with E-state index in [4.69, 9.17) is 0 Å². The first kappa shape index (κ1) is 16.5. The predicted molar refractivity (Wildman–Crippen MR) is 109 cm³/mol. The summed E-state index contributed by atoms with van der Waals surface area (Å²) in [5, 5.41) is 2.47. The van der Waals surface area contributed by atoms with E-state index in [1.54, 1.807) is 6.20 Å². The van der Waals surface area contributed by atoms with Crippen molar-refractivity contribution in [3.8, 4) is 11.3 Å². The maximum atomic E-state index is 14.6. The van der Waals surface area contributed by atoms with Gasteiger partial charge in [-0.15, -0.1) is 0 Å². The van der Waals surface area contributed by atoms with Crippen LogP contribution in [0.2, 0.25) is 0 Å². The van der Waals surface area contributed by atoms with Gasteiger partial charge in [0, 0.05) is 27.7 Å². The number of pyridine rings is 1. The van der Waals surface area contributed by atoms with Crippen LogP contribution >= 0.6 is 7.14 Å². The monoisotopic (exact) mass is 355 g/mol. The Morgan fingerprint density at radius 1 is 0.577 bits per heavy atom. The van der Waals surface area contributed by atoms with Gasteiger partial charge in [0.05, 0.1) is 5.69 Å². The highest BCUT2D eigenvalue weighted by Crippen LogP contribution is 2.44. The van der Waals surface area contributed by atoms with Crippen LogP contribution in [0.3, 0.4) is 0 Å². The van der Waals surface area contributed by atoms with E-state index >= 15 is 0 Å². The van der Waals surface area contributed by atoms with Crippen molar-refractivity contribution < 1.29 is 4.57 Å². The van der Waals surface area contributed by atoms with E-state index in [-0.39, 0.29) is 0 Å². The van der Waals surface area contributed by atoms with E-state index < -0.39 is 7.14 Å². The van der Waals surface area contributed by atoms with Crippen molar-refractivity contribution in [1.29, 1.82) is 0 Å². The average Bonchev–Trinajstić information content (AvgIpc) is 2.75. The Balaban J connectivity index is 2.03. The Morgan fingerprint density at radius 3 is 1.69 bits per heavy atom. The van der Waals surface area contributed by atoms with Crippen LogP contribution in [0.4, 0.5) is 0 Å². The average molecular weight is 355 g/mol. The summed E-state index contributed by atoms with van der Waals surface area (Å²) in [6, 6.07) is 33.1. The summed E-state index contributed by atoms with van der Waals surface area (Å²) in [5.41, 5.74) is 1.74. The van der Waals surface area contributed by atoms with Crippen LogP contribution in [0.15, 0.2) is 109 Å². The van der Waals surface area contributed by atoms with E-state index in [0.29, 0.717) is 0 Å². The highest BCUT2D eigenvalue weighted by atomic mass is 31.2. The summed E-state index contributed by atoms with van der Waals surface area (Å²) in [5.74, 6) is 0. The summed E-state index contributed by atoms with van der Waals surface area (Å²) in [7, 11) is -3.02. The molecule has 0 unspecified atom stereocenters. The van der Waals surface area contributed by atoms with Crippen LogP contribution in [0.25, 0.3) is 11.3 Å². The molecule has 3 aromatic carbocycles. The van der Waals surface area contributed by atoms with Crippen molar-refractivity contribution in [3.05, 3.63) is 109 Å². The highest BCUT2D eigenvalue weighted by Gasteiger charge is 2.32. The molecule has 0 bridgehead atoms. The molecule has 0 atom stereocenters. The molecule has 1 aromatic heterocycles. The van der Waals surface area contributed by atoms with Gasteiger partial charge in [-0.25, -0.2) is 0 Å². The standard InChI is InChI=1S/C23H18NOP/c25-26(19-11-3-1-4-12-19,20-13-5-2-6-14-20)23-17-8-7-15-21(23)22-16-9-10-18-24-22/h1-18H. The van der Waals surface area contributed by atoms with Gasteiger partial charge in [0.2, 0.25) is 0 Å². The van der Waals surface area contributed by atoms with Gasteiger partial charge in [0.15, 0.2) is 7.14 Å². The first-order chi connectivity index (χ1) is 12.8. The van der Waals surface area contributed by atoms with E-state index in [1.807, 2.05) is 103 Å². The highest BCUT2D eigenvalue weighted by molar-refractivity contribution is 7.85. The van der Waals surface area contributed by atoms with Crippen LogP contribution in [-0.2, 0) is 4.57 Å². The van der Waals surface area contributed by atoms with Gasteiger partial charge in [0.1, 0.15) is 0 Å². The number of aromatic nitrogens is 1. The third-order valence-corrected chi connectivity index (χ3v) is 7.54. The molecule has 3 heteroatoms. The van der Waals surface area contributed by atoms with E-state index in [0.717, 1.165) is 27.2 Å². The number of benzene rings is 3. The fourth-order valence-corrected chi connectivity index (χ4v) is 6.05. The molecule has 0 saturated carbocycles. The van der Waals surface area contributed by atoms with Gasteiger partial charge in [0.25, 0.3) is 0 Å². The Kier molecular flexibility index (Phi) is 4.51. The second-order valence-electron chi connectivity index (χ2n) is 6.01. The molecule has 0 fully saturated rings. The Bertz CT molecular complexity index is 1000. The molecule has 0 aliphatic rings. The molecule has 26 heavy (non-hydrogen) atoms. The zero-order valence-corrected chi connectivity index (χ0v) is 15.1. The molecule has 2 nitrogen and oxygen atoms in total. The molecular weight excluding hydrogens is 337 g/mol. The number of nitrogens with zero attached hydrogens (tertiary/aromatic N) is 1. The van der Waals surface area contributed by atoms with Gasteiger partial charge in [-0.1, -0.05) is 91.0 Å². The minimum Gasteiger partial charge on any atom is -0.309 e. The Labute approximate surface area is 153 Å². The van der Waals surface area contributed by atoms with Crippen LogP contribution in [0.5, 0.6) is 0 Å². The predicted octanol–water partition coefficient (Wildman–Crippen LogP) is 4.39. The van der Waals surface area contributed by atoms with Crippen molar-refractivity contribution in [2.45, 2.75) is 0 Å². The molecule has 4 rings (SSSR count). The smallest absolute Gasteiger partial charge is 0.171 e. The fraction of sp³-hybridized carbons (Fsp3) is 0. The van der Waals surface area contributed by atoms with Crippen LogP contribution in [-0.4, -0.2) is 4.98 Å². The lowest BCUT2D eigenvalue weighted by Gasteiger charge is -2.22. The van der Waals surface area contributed by atoms with Crippen LogP contribution < -0.4 is 15.9 Å². The Hall–Kier alpha value is -2.96. The minimum atomic E-state index is -3.02. The second-order valence-corrected chi connectivity index (χ2v) is 8.75. The molecule has 0 spiro atoms. The first-order valence-electron chi connectivity index (χ1n) is 8.52. The lowest BCUT2D eigenvalue weighted by molar-refractivity contribution is 0.592. The van der Waals surface area contributed by atoms with Crippen molar-refractivity contribution in [2.75, 3.05) is 0 Å². The van der Waals surface area contributed by atoms with E-state index in [2.05, 4.69) is 4.98 Å². The molecular formula is C23H18NOP. The summed E-state index contributed by atoms with van der Waals surface area (Å²) in [6.45, 7) is 0. The summed E-state index contributed by atoms with van der Waals surface area (Å²) in [6.07, 6.45) is 1.77. The molecule has 4 aromatic rings. The van der Waals surface area contributed by atoms with E-state index in [1.165, 1.54) is 0 Å². The minimum absolute atomic E-state index is 0.816. The topological polar surface area (TPSA) is 30.0 Å². The molecule has 0 aliphatic heterocycles. The zero-order chi connectivity index (χ0) is 17.8. The van der Waals surface area contributed by atoms with Crippen LogP contribution in [0.1, 0.15) is 0 Å². The largest absolute Gasteiger partial charge is 0.309 e. The van der Waals surface area contributed by atoms with Gasteiger partial charge >= 0.3 is 0 Å². The number of hydrogen-bond acceptors (Lipinski definition) is 2. The lowest BCUT2D eigenvalue weighted by atomic mass is 10.1. The maximum absolute atomic E-state index is 14.6. The molecule has 1 heterocycles. The normalized spacial score (nSPS) is 11.2. The number of hydrogen-bond donors (Lipinski definition) is 0. The van der Waals surface area contributed by atoms with Crippen molar-refractivity contribution in [1.82, 2.24) is 4.98 Å². The molecule has 0 aliphatic carbocycles. The van der Waals surface area contributed by atoms with Gasteiger partial charge < -0.3 is 4.57 Å². The molecule has 0 N–H and O–H groups in total. The van der Waals surface area contributed by atoms with E-state index in [9.17, 15) is 4.57 Å².